The fourth-order valence-corrected chi connectivity index (χ4v) is 1.96. The van der Waals surface area contributed by atoms with Crippen LogP contribution in [0.25, 0.3) is 0 Å². The number of hydrogen-bond donors (Lipinski definition) is 1. The van der Waals surface area contributed by atoms with E-state index in [1.807, 2.05) is 25.2 Å². The van der Waals surface area contributed by atoms with Crippen LogP contribution in [0.5, 0.6) is 0 Å². The zero-order chi connectivity index (χ0) is 13.0. The average molecular weight is 233 g/mol. The van der Waals surface area contributed by atoms with Gasteiger partial charge in [0, 0.05) is 18.0 Å². The van der Waals surface area contributed by atoms with Crippen molar-refractivity contribution < 1.29 is 4.79 Å². The highest BCUT2D eigenvalue weighted by Gasteiger charge is 2.22. The summed E-state index contributed by atoms with van der Waals surface area (Å²) >= 11 is 0. The first kappa shape index (κ1) is 13.9. The summed E-state index contributed by atoms with van der Waals surface area (Å²) in [7, 11) is 1.89. The van der Waals surface area contributed by atoms with Crippen LogP contribution in [-0.4, -0.2) is 19.4 Å². The zero-order valence-electron chi connectivity index (χ0n) is 11.5. The van der Waals surface area contributed by atoms with Crippen LogP contribution in [0.15, 0.2) is 18.2 Å². The first-order chi connectivity index (χ1) is 7.97. The SMILES string of the molecule is CNCC(C(=O)c1ccc(C)c(C)c1)C(C)C. The first-order valence-electron chi connectivity index (χ1n) is 6.23. The van der Waals surface area contributed by atoms with E-state index >= 15 is 0 Å². The van der Waals surface area contributed by atoms with E-state index in [4.69, 9.17) is 0 Å². The molecule has 2 heteroatoms. The highest BCUT2D eigenvalue weighted by Crippen LogP contribution is 2.19. The Balaban J connectivity index is 2.97. The van der Waals surface area contributed by atoms with Crippen LogP contribution in [0.2, 0.25) is 0 Å². The Bertz CT molecular complexity index is 396. The maximum absolute atomic E-state index is 12.4. The van der Waals surface area contributed by atoms with Gasteiger partial charge >= 0.3 is 0 Å². The van der Waals surface area contributed by atoms with Gasteiger partial charge in [-0.25, -0.2) is 0 Å². The predicted molar refractivity (Wildman–Crippen MR) is 72.5 cm³/mol. The van der Waals surface area contributed by atoms with Gasteiger partial charge in [-0.3, -0.25) is 4.79 Å². The van der Waals surface area contributed by atoms with E-state index in [0.29, 0.717) is 5.92 Å². The minimum atomic E-state index is 0.0575. The summed E-state index contributed by atoms with van der Waals surface area (Å²) in [6, 6.07) is 5.97. The lowest BCUT2D eigenvalue weighted by Gasteiger charge is -2.19. The summed E-state index contributed by atoms with van der Waals surface area (Å²) in [5.41, 5.74) is 3.25. The van der Waals surface area contributed by atoms with E-state index in [9.17, 15) is 4.79 Å². The molecule has 1 atom stereocenters. The molecule has 0 bridgehead atoms. The van der Waals surface area contributed by atoms with E-state index in [-0.39, 0.29) is 11.7 Å². The van der Waals surface area contributed by atoms with E-state index in [1.165, 1.54) is 11.1 Å². The molecule has 2 nitrogen and oxygen atoms in total. The van der Waals surface area contributed by atoms with Gasteiger partial charge in [0.25, 0.3) is 0 Å². The molecular weight excluding hydrogens is 210 g/mol. The number of nitrogens with one attached hydrogen (secondary N) is 1. The molecular formula is C15H23NO. The Kier molecular flexibility index (Phi) is 4.88. The molecule has 0 saturated carbocycles. The molecule has 94 valence electrons. The van der Waals surface area contributed by atoms with Crippen LogP contribution >= 0.6 is 0 Å². The number of ketones is 1. The predicted octanol–water partition coefficient (Wildman–Crippen LogP) is 2.98. The molecule has 1 N–H and O–H groups in total. The van der Waals surface area contributed by atoms with Crippen molar-refractivity contribution in [3.8, 4) is 0 Å². The maximum Gasteiger partial charge on any atom is 0.167 e. The Morgan fingerprint density at radius 2 is 1.88 bits per heavy atom. The Morgan fingerprint density at radius 3 is 2.35 bits per heavy atom. The van der Waals surface area contributed by atoms with Gasteiger partial charge in [-0.1, -0.05) is 26.0 Å². The molecule has 0 aliphatic heterocycles. The van der Waals surface area contributed by atoms with Crippen molar-refractivity contribution in [2.45, 2.75) is 27.7 Å². The molecule has 0 heterocycles. The molecule has 1 unspecified atom stereocenters. The minimum absolute atomic E-state index is 0.0575. The molecule has 0 aliphatic rings. The molecule has 0 spiro atoms. The number of hydrogen-bond acceptors (Lipinski definition) is 2. The van der Waals surface area contributed by atoms with Gasteiger partial charge in [-0.05, 0) is 44.0 Å². The van der Waals surface area contributed by atoms with Gasteiger partial charge in [0.2, 0.25) is 0 Å². The second-order valence-corrected chi connectivity index (χ2v) is 5.07. The smallest absolute Gasteiger partial charge is 0.167 e. The normalized spacial score (nSPS) is 12.8. The Hall–Kier alpha value is -1.15. The van der Waals surface area contributed by atoms with E-state index in [0.717, 1.165) is 12.1 Å². The van der Waals surface area contributed by atoms with Crippen molar-refractivity contribution in [2.24, 2.45) is 11.8 Å². The van der Waals surface area contributed by atoms with Gasteiger partial charge < -0.3 is 5.32 Å². The second kappa shape index (κ2) is 5.97. The molecule has 1 aromatic carbocycles. The standard InChI is InChI=1S/C15H23NO/c1-10(2)14(9-16-5)15(17)13-7-6-11(3)12(4)8-13/h6-8,10,14,16H,9H2,1-5H3. The highest BCUT2D eigenvalue weighted by molar-refractivity contribution is 5.98. The third-order valence-electron chi connectivity index (χ3n) is 3.36. The molecule has 0 saturated heterocycles. The second-order valence-electron chi connectivity index (χ2n) is 5.07. The highest BCUT2D eigenvalue weighted by atomic mass is 16.1. The van der Waals surface area contributed by atoms with Crippen LogP contribution in [0.4, 0.5) is 0 Å². The van der Waals surface area contributed by atoms with Gasteiger partial charge in [0.15, 0.2) is 5.78 Å². The zero-order valence-corrected chi connectivity index (χ0v) is 11.5. The molecule has 1 rings (SSSR count). The van der Waals surface area contributed by atoms with Gasteiger partial charge in [-0.15, -0.1) is 0 Å². The average Bonchev–Trinajstić information content (AvgIpc) is 2.28. The van der Waals surface area contributed by atoms with Crippen molar-refractivity contribution in [3.05, 3.63) is 34.9 Å². The quantitative estimate of drug-likeness (QED) is 0.792. The maximum atomic E-state index is 12.4. The fourth-order valence-electron chi connectivity index (χ4n) is 1.96. The summed E-state index contributed by atoms with van der Waals surface area (Å²) in [6.07, 6.45) is 0. The summed E-state index contributed by atoms with van der Waals surface area (Å²) < 4.78 is 0. The third kappa shape index (κ3) is 3.40. The monoisotopic (exact) mass is 233 g/mol. The third-order valence-corrected chi connectivity index (χ3v) is 3.36. The van der Waals surface area contributed by atoms with Crippen molar-refractivity contribution in [1.82, 2.24) is 5.32 Å². The van der Waals surface area contributed by atoms with Crippen LogP contribution in [-0.2, 0) is 0 Å². The topological polar surface area (TPSA) is 29.1 Å². The summed E-state index contributed by atoms with van der Waals surface area (Å²) in [5, 5.41) is 3.10. The van der Waals surface area contributed by atoms with E-state index in [1.54, 1.807) is 0 Å². The summed E-state index contributed by atoms with van der Waals surface area (Å²) in [6.45, 7) is 9.05. The number of carbonyl (C=O) groups is 1. The summed E-state index contributed by atoms with van der Waals surface area (Å²) in [4.78, 5) is 12.4. The largest absolute Gasteiger partial charge is 0.319 e. The van der Waals surface area contributed by atoms with Crippen LogP contribution in [0, 0.1) is 25.7 Å². The Morgan fingerprint density at radius 1 is 1.24 bits per heavy atom. The fraction of sp³-hybridized carbons (Fsp3) is 0.533. The van der Waals surface area contributed by atoms with E-state index < -0.39 is 0 Å². The number of benzene rings is 1. The van der Waals surface area contributed by atoms with Crippen LogP contribution in [0.1, 0.15) is 35.3 Å². The Labute approximate surface area is 104 Å². The lowest BCUT2D eigenvalue weighted by atomic mass is 9.87. The lowest BCUT2D eigenvalue weighted by Crippen LogP contribution is -2.30. The molecule has 0 aliphatic carbocycles. The molecule has 0 radical (unpaired) electrons. The number of rotatable bonds is 5. The van der Waals surface area contributed by atoms with Gasteiger partial charge in [0.1, 0.15) is 0 Å². The number of aryl methyl sites for hydroxylation is 2. The van der Waals surface area contributed by atoms with Gasteiger partial charge in [-0.2, -0.15) is 0 Å². The number of carbonyl (C=O) groups excluding carboxylic acids is 1. The van der Waals surface area contributed by atoms with Gasteiger partial charge in [0.05, 0.1) is 0 Å². The van der Waals surface area contributed by atoms with Crippen LogP contribution < -0.4 is 5.32 Å². The minimum Gasteiger partial charge on any atom is -0.319 e. The van der Waals surface area contributed by atoms with Crippen molar-refractivity contribution in [3.63, 3.8) is 0 Å². The molecule has 17 heavy (non-hydrogen) atoms. The summed E-state index contributed by atoms with van der Waals surface area (Å²) in [5.74, 6) is 0.663. The van der Waals surface area contributed by atoms with Crippen molar-refractivity contribution >= 4 is 5.78 Å². The first-order valence-corrected chi connectivity index (χ1v) is 6.23. The van der Waals surface area contributed by atoms with Crippen molar-refractivity contribution in [1.29, 1.82) is 0 Å². The van der Waals surface area contributed by atoms with Crippen molar-refractivity contribution in [2.75, 3.05) is 13.6 Å². The van der Waals surface area contributed by atoms with E-state index in [2.05, 4.69) is 33.0 Å². The lowest BCUT2D eigenvalue weighted by molar-refractivity contribution is 0.0886. The molecule has 0 fully saturated rings. The van der Waals surface area contributed by atoms with Crippen LogP contribution in [0.3, 0.4) is 0 Å². The molecule has 1 aromatic rings. The molecule has 0 aromatic heterocycles. The number of Topliss-reactive ketones (excluding diaryl/α,β-unsaturated/α-hetero) is 1. The molecule has 0 amide bonds.